The van der Waals surface area contributed by atoms with Crippen molar-refractivity contribution in [1.82, 2.24) is 4.57 Å². The van der Waals surface area contributed by atoms with Gasteiger partial charge in [-0.15, -0.1) is 0 Å². The fraction of sp³-hybridized carbons (Fsp3) is 0. The highest BCUT2D eigenvalue weighted by Crippen LogP contribution is 2.40. The highest BCUT2D eigenvalue weighted by atomic mass is 16.1. The Morgan fingerprint density at radius 1 is 0.559 bits per heavy atom. The molecule has 1 amide bonds. The zero-order chi connectivity index (χ0) is 22.9. The number of anilines is 1. The first-order valence-electron chi connectivity index (χ1n) is 11.3. The molecule has 0 aliphatic rings. The summed E-state index contributed by atoms with van der Waals surface area (Å²) in [6.07, 6.45) is 0. The lowest BCUT2D eigenvalue weighted by molar-refractivity contribution is 0.102. The van der Waals surface area contributed by atoms with Crippen LogP contribution in [0.4, 0.5) is 5.69 Å². The van der Waals surface area contributed by atoms with Crippen molar-refractivity contribution in [2.75, 3.05) is 5.32 Å². The maximum Gasteiger partial charge on any atom is 0.255 e. The summed E-state index contributed by atoms with van der Waals surface area (Å²) in [5, 5.41) is 5.48. The van der Waals surface area contributed by atoms with Gasteiger partial charge in [-0.25, -0.2) is 0 Å². The third-order valence-corrected chi connectivity index (χ3v) is 6.21. The van der Waals surface area contributed by atoms with E-state index in [-0.39, 0.29) is 5.91 Å². The Morgan fingerprint density at radius 2 is 1.18 bits per heavy atom. The Kier molecular flexibility index (Phi) is 4.93. The van der Waals surface area contributed by atoms with E-state index < -0.39 is 0 Å². The fourth-order valence-electron chi connectivity index (χ4n) is 4.71. The van der Waals surface area contributed by atoms with Crippen molar-refractivity contribution in [3.63, 3.8) is 0 Å². The van der Waals surface area contributed by atoms with Gasteiger partial charge in [0.25, 0.3) is 5.91 Å². The van der Waals surface area contributed by atoms with Crippen LogP contribution in [0.25, 0.3) is 38.6 Å². The molecule has 5 aromatic carbocycles. The van der Waals surface area contributed by atoms with Crippen molar-refractivity contribution in [3.05, 3.63) is 133 Å². The average molecular weight is 439 g/mol. The van der Waals surface area contributed by atoms with Crippen LogP contribution in [0.15, 0.2) is 127 Å². The van der Waals surface area contributed by atoms with E-state index in [0.29, 0.717) is 5.56 Å². The Bertz CT molecular complexity index is 1630. The second kappa shape index (κ2) is 8.38. The van der Waals surface area contributed by atoms with E-state index in [1.54, 1.807) is 0 Å². The van der Waals surface area contributed by atoms with E-state index in [1.807, 2.05) is 54.6 Å². The summed E-state index contributed by atoms with van der Waals surface area (Å²) in [5.41, 5.74) is 6.92. The first-order chi connectivity index (χ1) is 16.8. The summed E-state index contributed by atoms with van der Waals surface area (Å²) < 4.78 is 2.30. The Labute approximate surface area is 197 Å². The molecule has 162 valence electrons. The normalized spacial score (nSPS) is 11.1. The Hall–Kier alpha value is -4.63. The second-order valence-electron chi connectivity index (χ2n) is 8.25. The molecule has 0 saturated heterocycles. The van der Waals surface area contributed by atoms with Crippen LogP contribution in [0, 0.1) is 0 Å². The Morgan fingerprint density at radius 3 is 2.00 bits per heavy atom. The first kappa shape index (κ1) is 20.0. The summed E-state index contributed by atoms with van der Waals surface area (Å²) in [6, 6.07) is 42.6. The minimum absolute atomic E-state index is 0.119. The molecule has 6 aromatic rings. The number of aromatic nitrogens is 1. The van der Waals surface area contributed by atoms with E-state index in [9.17, 15) is 4.79 Å². The molecule has 1 heterocycles. The van der Waals surface area contributed by atoms with E-state index in [1.165, 1.54) is 10.8 Å². The van der Waals surface area contributed by atoms with Gasteiger partial charge < -0.3 is 9.88 Å². The van der Waals surface area contributed by atoms with Crippen LogP contribution < -0.4 is 5.32 Å². The predicted octanol–water partition coefficient (Wildman–Crippen LogP) is 7.70. The van der Waals surface area contributed by atoms with Crippen LogP contribution in [0.5, 0.6) is 0 Å². The molecule has 0 aliphatic carbocycles. The minimum atomic E-state index is -0.119. The second-order valence-corrected chi connectivity index (χ2v) is 8.25. The molecular formula is C31H22N2O. The van der Waals surface area contributed by atoms with Gasteiger partial charge in [0.1, 0.15) is 0 Å². The lowest BCUT2D eigenvalue weighted by atomic mass is 9.98. The topological polar surface area (TPSA) is 34.0 Å². The molecule has 3 nitrogen and oxygen atoms in total. The number of para-hydroxylation sites is 3. The molecule has 34 heavy (non-hydrogen) atoms. The average Bonchev–Trinajstić information content (AvgIpc) is 3.25. The minimum Gasteiger partial charge on any atom is -0.321 e. The molecule has 0 aliphatic heterocycles. The summed E-state index contributed by atoms with van der Waals surface area (Å²) in [4.78, 5) is 12.9. The van der Waals surface area contributed by atoms with Crippen molar-refractivity contribution in [1.29, 1.82) is 0 Å². The largest absolute Gasteiger partial charge is 0.321 e. The highest BCUT2D eigenvalue weighted by molar-refractivity contribution is 6.17. The van der Waals surface area contributed by atoms with E-state index in [2.05, 4.69) is 82.7 Å². The summed E-state index contributed by atoms with van der Waals surface area (Å²) >= 11 is 0. The van der Waals surface area contributed by atoms with Crippen LogP contribution in [0.1, 0.15) is 10.4 Å². The van der Waals surface area contributed by atoms with Gasteiger partial charge >= 0.3 is 0 Å². The highest BCUT2D eigenvalue weighted by Gasteiger charge is 2.18. The van der Waals surface area contributed by atoms with Gasteiger partial charge in [0.05, 0.1) is 11.0 Å². The monoisotopic (exact) mass is 438 g/mol. The third kappa shape index (κ3) is 3.35. The Balaban J connectivity index is 1.57. The van der Waals surface area contributed by atoms with Crippen molar-refractivity contribution >= 4 is 33.4 Å². The third-order valence-electron chi connectivity index (χ3n) is 6.21. The number of hydrogen-bond donors (Lipinski definition) is 1. The molecule has 6 rings (SSSR count). The van der Waals surface area contributed by atoms with Crippen LogP contribution in [-0.2, 0) is 0 Å². The lowest BCUT2D eigenvalue weighted by Crippen LogP contribution is -2.12. The van der Waals surface area contributed by atoms with Crippen molar-refractivity contribution in [2.24, 2.45) is 0 Å². The number of benzene rings is 5. The van der Waals surface area contributed by atoms with Crippen molar-refractivity contribution in [3.8, 4) is 16.8 Å². The zero-order valence-corrected chi connectivity index (χ0v) is 18.5. The molecule has 1 aromatic heterocycles. The van der Waals surface area contributed by atoms with Gasteiger partial charge in [-0.2, -0.15) is 0 Å². The fourth-order valence-corrected chi connectivity index (χ4v) is 4.71. The van der Waals surface area contributed by atoms with Crippen LogP contribution in [0.3, 0.4) is 0 Å². The van der Waals surface area contributed by atoms with Gasteiger partial charge in [-0.3, -0.25) is 4.79 Å². The van der Waals surface area contributed by atoms with Gasteiger partial charge in [0.2, 0.25) is 0 Å². The number of fused-ring (bicyclic) bond motifs is 3. The summed E-state index contributed by atoms with van der Waals surface area (Å²) in [6.45, 7) is 0. The molecule has 0 atom stereocenters. The van der Waals surface area contributed by atoms with Crippen LogP contribution >= 0.6 is 0 Å². The first-order valence-corrected chi connectivity index (χ1v) is 11.3. The molecule has 0 radical (unpaired) electrons. The lowest BCUT2D eigenvalue weighted by Gasteiger charge is -2.13. The number of carbonyl (C=O) groups is 1. The van der Waals surface area contributed by atoms with Crippen LogP contribution in [-0.4, -0.2) is 10.5 Å². The van der Waals surface area contributed by atoms with Crippen molar-refractivity contribution in [2.45, 2.75) is 0 Å². The molecule has 0 unspecified atom stereocenters. The number of rotatable bonds is 4. The molecule has 3 heteroatoms. The van der Waals surface area contributed by atoms with Gasteiger partial charge in [-0.1, -0.05) is 84.9 Å². The summed E-state index contributed by atoms with van der Waals surface area (Å²) in [5.74, 6) is -0.119. The number of carbonyl (C=O) groups excluding carboxylic acids is 1. The molecule has 0 saturated carbocycles. The number of nitrogens with one attached hydrogen (secondary N) is 1. The molecular weight excluding hydrogens is 416 g/mol. The van der Waals surface area contributed by atoms with E-state index in [0.717, 1.165) is 33.5 Å². The summed E-state index contributed by atoms with van der Waals surface area (Å²) in [7, 11) is 0. The number of hydrogen-bond acceptors (Lipinski definition) is 1. The molecule has 0 spiro atoms. The van der Waals surface area contributed by atoms with E-state index >= 15 is 0 Å². The maximum absolute atomic E-state index is 12.9. The predicted molar refractivity (Wildman–Crippen MR) is 141 cm³/mol. The van der Waals surface area contributed by atoms with Crippen LogP contribution in [0.2, 0.25) is 0 Å². The van der Waals surface area contributed by atoms with Crippen molar-refractivity contribution < 1.29 is 4.79 Å². The SMILES string of the molecule is O=C(Nc1ccccc1-c1cccc2c1c1ccccc1n2-c1ccccc1)c1ccccc1. The molecule has 1 N–H and O–H groups in total. The maximum atomic E-state index is 12.9. The number of nitrogens with zero attached hydrogens (tertiary/aromatic N) is 1. The standard InChI is InChI=1S/C31H22N2O/c34-31(22-12-3-1-4-13-22)32-27-19-9-7-16-24(27)25-18-11-21-29-30(25)26-17-8-10-20-28(26)33(29)23-14-5-2-6-15-23/h1-21H,(H,32,34). The van der Waals surface area contributed by atoms with Gasteiger partial charge in [0.15, 0.2) is 0 Å². The number of amides is 1. The zero-order valence-electron chi connectivity index (χ0n) is 18.5. The quantitative estimate of drug-likeness (QED) is 0.301. The smallest absolute Gasteiger partial charge is 0.255 e. The van der Waals surface area contributed by atoms with Gasteiger partial charge in [-0.05, 0) is 48.0 Å². The molecule has 0 bridgehead atoms. The molecule has 0 fully saturated rings. The van der Waals surface area contributed by atoms with E-state index in [4.69, 9.17) is 0 Å². The van der Waals surface area contributed by atoms with Gasteiger partial charge in [0, 0.05) is 33.3 Å².